The maximum absolute atomic E-state index is 12.6. The average Bonchev–Trinajstić information content (AvgIpc) is 2.72. The van der Waals surface area contributed by atoms with Gasteiger partial charge in [-0.3, -0.25) is 0 Å². The molecule has 3 N–H and O–H groups in total. The number of hydrogen-bond donors (Lipinski definition) is 3. The fourth-order valence-corrected chi connectivity index (χ4v) is 4.12. The van der Waals surface area contributed by atoms with E-state index < -0.39 is 15.9 Å². The molecule has 0 unspecified atom stereocenters. The summed E-state index contributed by atoms with van der Waals surface area (Å²) in [5.74, 6) is 0.0270. The highest BCUT2D eigenvalue weighted by molar-refractivity contribution is 7.91. The van der Waals surface area contributed by atoms with Crippen LogP contribution in [0.3, 0.4) is 0 Å². The van der Waals surface area contributed by atoms with Crippen LogP contribution in [0.4, 0.5) is 0 Å². The molecule has 28 heavy (non-hydrogen) atoms. The monoisotopic (exact) mass is 397 g/mol. The summed E-state index contributed by atoms with van der Waals surface area (Å²) in [5.41, 5.74) is 1.88. The first kappa shape index (κ1) is 20.1. The minimum Gasteiger partial charge on any atom is -0.508 e. The number of aliphatic hydroxyl groups excluding tert-OH is 1. The lowest BCUT2D eigenvalue weighted by molar-refractivity contribution is 0.175. The summed E-state index contributed by atoms with van der Waals surface area (Å²) in [6.45, 7) is 1.13. The van der Waals surface area contributed by atoms with Gasteiger partial charge in [-0.15, -0.1) is 0 Å². The van der Waals surface area contributed by atoms with Gasteiger partial charge < -0.3 is 15.5 Å². The highest BCUT2D eigenvalue weighted by Crippen LogP contribution is 2.23. The molecule has 0 fully saturated rings. The maximum atomic E-state index is 12.6. The molecule has 0 bridgehead atoms. The third-order valence-electron chi connectivity index (χ3n) is 4.49. The Morgan fingerprint density at radius 2 is 1.39 bits per heavy atom. The summed E-state index contributed by atoms with van der Waals surface area (Å²) >= 11 is 0. The van der Waals surface area contributed by atoms with E-state index in [9.17, 15) is 18.6 Å². The van der Waals surface area contributed by atoms with Crippen LogP contribution in [0.25, 0.3) is 0 Å². The molecule has 0 aromatic heterocycles. The smallest absolute Gasteiger partial charge is 0.206 e. The number of rotatable bonds is 8. The van der Waals surface area contributed by atoms with Crippen molar-refractivity contribution in [2.24, 2.45) is 0 Å². The van der Waals surface area contributed by atoms with E-state index in [4.69, 9.17) is 0 Å². The Hall–Kier alpha value is -2.67. The van der Waals surface area contributed by atoms with E-state index in [0.717, 1.165) is 17.5 Å². The predicted octanol–water partition coefficient (Wildman–Crippen LogP) is 3.09. The Bertz CT molecular complexity index is 985. The summed E-state index contributed by atoms with van der Waals surface area (Å²) in [4.78, 5) is 0.365. The zero-order chi connectivity index (χ0) is 20.0. The van der Waals surface area contributed by atoms with E-state index in [0.29, 0.717) is 13.1 Å². The van der Waals surface area contributed by atoms with Gasteiger partial charge in [0, 0.05) is 6.54 Å². The topological polar surface area (TPSA) is 86.6 Å². The van der Waals surface area contributed by atoms with E-state index in [1.807, 2.05) is 30.3 Å². The minimum absolute atomic E-state index is 0.0270. The molecule has 146 valence electrons. The Kier molecular flexibility index (Phi) is 6.46. The lowest BCUT2D eigenvalue weighted by Crippen LogP contribution is -2.23. The lowest BCUT2D eigenvalue weighted by Gasteiger charge is -2.12. The molecule has 0 aliphatic rings. The van der Waals surface area contributed by atoms with Crippen LogP contribution in [0.1, 0.15) is 17.2 Å². The molecule has 6 heteroatoms. The molecular formula is C22H23NO4S. The molecular weight excluding hydrogens is 374 g/mol. The van der Waals surface area contributed by atoms with E-state index in [-0.39, 0.29) is 15.5 Å². The van der Waals surface area contributed by atoms with Crippen LogP contribution in [0.2, 0.25) is 0 Å². The second kappa shape index (κ2) is 9.01. The number of aromatic hydroxyl groups is 1. The number of phenolic OH excluding ortho intramolecular Hbond substituents is 1. The molecule has 0 aliphatic heterocycles. The summed E-state index contributed by atoms with van der Waals surface area (Å²) in [5, 5.41) is 22.7. The maximum Gasteiger partial charge on any atom is 0.206 e. The summed E-state index contributed by atoms with van der Waals surface area (Å²) in [6, 6.07) is 21.7. The van der Waals surface area contributed by atoms with E-state index in [1.165, 1.54) is 24.3 Å². The Morgan fingerprint density at radius 1 is 0.821 bits per heavy atom. The van der Waals surface area contributed by atoms with Gasteiger partial charge in [-0.2, -0.15) is 0 Å². The standard InChI is InChI=1S/C22H23NO4S/c24-19-8-12-21(13-9-19)28(26,27)20-10-6-17(7-11-20)14-15-23-16-22(25)18-4-2-1-3-5-18/h1-13,22-25H,14-16H2/t22-/m0/s1. The molecule has 0 saturated heterocycles. The SMILES string of the molecule is O=S(=O)(c1ccc(O)cc1)c1ccc(CCNC[C@H](O)c2ccccc2)cc1. The second-order valence-corrected chi connectivity index (χ2v) is 8.47. The average molecular weight is 397 g/mol. The summed E-state index contributed by atoms with van der Waals surface area (Å²) in [7, 11) is -3.60. The largest absolute Gasteiger partial charge is 0.508 e. The predicted molar refractivity (Wildman–Crippen MR) is 108 cm³/mol. The van der Waals surface area contributed by atoms with Gasteiger partial charge in [-0.05, 0) is 60.5 Å². The van der Waals surface area contributed by atoms with Crippen LogP contribution in [0, 0.1) is 0 Å². The fraction of sp³-hybridized carbons (Fsp3) is 0.182. The van der Waals surface area contributed by atoms with Crippen LogP contribution < -0.4 is 5.32 Å². The Balaban J connectivity index is 1.54. The van der Waals surface area contributed by atoms with Gasteiger partial charge in [-0.25, -0.2) is 8.42 Å². The highest BCUT2D eigenvalue weighted by atomic mass is 32.2. The molecule has 0 amide bonds. The van der Waals surface area contributed by atoms with Gasteiger partial charge in [0.05, 0.1) is 15.9 Å². The number of sulfone groups is 1. The molecule has 3 rings (SSSR count). The summed E-state index contributed by atoms with van der Waals surface area (Å²) in [6.07, 6.45) is 0.167. The molecule has 3 aromatic carbocycles. The van der Waals surface area contributed by atoms with Gasteiger partial charge in [-0.1, -0.05) is 42.5 Å². The van der Waals surface area contributed by atoms with Crippen molar-refractivity contribution in [2.45, 2.75) is 22.3 Å². The zero-order valence-corrected chi connectivity index (χ0v) is 16.1. The van der Waals surface area contributed by atoms with Crippen LogP contribution in [0.15, 0.2) is 88.7 Å². The van der Waals surface area contributed by atoms with Gasteiger partial charge in [0.2, 0.25) is 9.84 Å². The molecule has 0 radical (unpaired) electrons. The van der Waals surface area contributed by atoms with Crippen molar-refractivity contribution in [2.75, 3.05) is 13.1 Å². The van der Waals surface area contributed by atoms with Gasteiger partial charge in [0.1, 0.15) is 5.75 Å². The highest BCUT2D eigenvalue weighted by Gasteiger charge is 2.17. The number of aliphatic hydroxyl groups is 1. The number of nitrogens with one attached hydrogen (secondary N) is 1. The number of hydrogen-bond acceptors (Lipinski definition) is 5. The Morgan fingerprint density at radius 3 is 2.00 bits per heavy atom. The molecule has 0 saturated carbocycles. The fourth-order valence-electron chi connectivity index (χ4n) is 2.86. The van der Waals surface area contributed by atoms with Gasteiger partial charge in [0.15, 0.2) is 0 Å². The normalized spacial score (nSPS) is 12.6. The third-order valence-corrected chi connectivity index (χ3v) is 6.28. The van der Waals surface area contributed by atoms with E-state index in [1.54, 1.807) is 24.3 Å². The first-order chi connectivity index (χ1) is 13.5. The lowest BCUT2D eigenvalue weighted by atomic mass is 10.1. The molecule has 1 atom stereocenters. The number of phenols is 1. The van der Waals surface area contributed by atoms with Crippen molar-refractivity contribution < 1.29 is 18.6 Å². The van der Waals surface area contributed by atoms with Crippen molar-refractivity contribution in [3.05, 3.63) is 90.0 Å². The molecule has 5 nitrogen and oxygen atoms in total. The van der Waals surface area contributed by atoms with Crippen LogP contribution in [-0.2, 0) is 16.3 Å². The van der Waals surface area contributed by atoms with Crippen LogP contribution in [-0.4, -0.2) is 31.7 Å². The third kappa shape index (κ3) is 4.98. The zero-order valence-electron chi connectivity index (χ0n) is 15.3. The molecule has 3 aromatic rings. The van der Waals surface area contributed by atoms with Crippen molar-refractivity contribution >= 4 is 9.84 Å². The minimum atomic E-state index is -3.60. The quantitative estimate of drug-likeness (QED) is 0.509. The van der Waals surface area contributed by atoms with E-state index >= 15 is 0 Å². The van der Waals surface area contributed by atoms with E-state index in [2.05, 4.69) is 5.32 Å². The molecule has 0 spiro atoms. The first-order valence-corrected chi connectivity index (χ1v) is 10.5. The second-order valence-electron chi connectivity index (χ2n) is 6.52. The van der Waals surface area contributed by atoms with Crippen LogP contribution in [0.5, 0.6) is 5.75 Å². The first-order valence-electron chi connectivity index (χ1n) is 9.03. The van der Waals surface area contributed by atoms with Crippen molar-refractivity contribution in [1.82, 2.24) is 5.32 Å². The summed E-state index contributed by atoms with van der Waals surface area (Å²) < 4.78 is 25.2. The van der Waals surface area contributed by atoms with Gasteiger partial charge >= 0.3 is 0 Å². The van der Waals surface area contributed by atoms with Gasteiger partial charge in [0.25, 0.3) is 0 Å². The van der Waals surface area contributed by atoms with Crippen LogP contribution >= 0.6 is 0 Å². The van der Waals surface area contributed by atoms with Crippen molar-refractivity contribution in [1.29, 1.82) is 0 Å². The Labute approximate surface area is 165 Å². The number of benzene rings is 3. The molecule has 0 aliphatic carbocycles. The van der Waals surface area contributed by atoms with Crippen molar-refractivity contribution in [3.63, 3.8) is 0 Å². The van der Waals surface area contributed by atoms with Crippen molar-refractivity contribution in [3.8, 4) is 5.75 Å². The molecule has 0 heterocycles.